The number of hydrogen-bond donors (Lipinski definition) is 2. The molecule has 2 N–H and O–H groups in total. The van der Waals surface area contributed by atoms with Gasteiger partial charge in [0, 0.05) is 6.54 Å². The van der Waals surface area contributed by atoms with Crippen molar-refractivity contribution in [1.82, 2.24) is 20.3 Å². The Labute approximate surface area is 138 Å². The maximum absolute atomic E-state index is 13.1. The molecule has 2 rings (SSSR count). The molecule has 23 heavy (non-hydrogen) atoms. The quantitative estimate of drug-likeness (QED) is 0.772. The molecule has 0 radical (unpaired) electrons. The molecule has 0 bridgehead atoms. The summed E-state index contributed by atoms with van der Waals surface area (Å²) in [5.74, 6) is -1.31. The second-order valence-electron chi connectivity index (χ2n) is 5.16. The highest BCUT2D eigenvalue weighted by atomic mass is 35.5. The van der Waals surface area contributed by atoms with Crippen LogP contribution in [0, 0.1) is 5.82 Å². The number of unbranched alkanes of at least 4 members (excludes halogenated alkanes) is 1. The fraction of sp³-hybridized carbons (Fsp3) is 0.400. The zero-order valence-electron chi connectivity index (χ0n) is 12.7. The summed E-state index contributed by atoms with van der Waals surface area (Å²) in [6, 6.07) is 3.37. The van der Waals surface area contributed by atoms with Crippen molar-refractivity contribution in [2.75, 3.05) is 0 Å². The number of nitrogens with one attached hydrogen (secondary N) is 1. The summed E-state index contributed by atoms with van der Waals surface area (Å²) in [7, 11) is 0. The Balaban J connectivity index is 2.03. The van der Waals surface area contributed by atoms with Crippen LogP contribution in [0.25, 0.3) is 5.69 Å². The molecule has 1 atom stereocenters. The topological polar surface area (TPSA) is 80.0 Å². The van der Waals surface area contributed by atoms with Crippen molar-refractivity contribution < 1.29 is 14.3 Å². The summed E-state index contributed by atoms with van der Waals surface area (Å²) in [5, 5.41) is 20.2. The van der Waals surface area contributed by atoms with E-state index in [1.807, 2.05) is 6.92 Å². The Morgan fingerprint density at radius 1 is 1.52 bits per heavy atom. The van der Waals surface area contributed by atoms with Gasteiger partial charge in [-0.2, -0.15) is 0 Å². The van der Waals surface area contributed by atoms with Crippen LogP contribution in [0.1, 0.15) is 31.9 Å². The van der Waals surface area contributed by atoms with Crippen molar-refractivity contribution in [2.24, 2.45) is 0 Å². The molecule has 6 nitrogen and oxygen atoms in total. The Morgan fingerprint density at radius 3 is 2.96 bits per heavy atom. The smallest absolute Gasteiger partial charge is 0.320 e. The van der Waals surface area contributed by atoms with Crippen molar-refractivity contribution in [3.8, 4) is 5.69 Å². The minimum atomic E-state index is -0.882. The Kier molecular flexibility index (Phi) is 6.06. The second kappa shape index (κ2) is 8.03. The van der Waals surface area contributed by atoms with E-state index in [9.17, 15) is 9.18 Å². The maximum atomic E-state index is 13.1. The van der Waals surface area contributed by atoms with Gasteiger partial charge in [0.25, 0.3) is 0 Å². The van der Waals surface area contributed by atoms with Gasteiger partial charge in [0.05, 0.1) is 22.6 Å². The first-order valence-electron chi connectivity index (χ1n) is 7.34. The zero-order valence-corrected chi connectivity index (χ0v) is 13.4. The molecular formula is C15H18ClFN4O2. The molecule has 0 aliphatic rings. The van der Waals surface area contributed by atoms with Crippen LogP contribution in [0.15, 0.2) is 24.4 Å². The largest absolute Gasteiger partial charge is 0.480 e. The van der Waals surface area contributed by atoms with Gasteiger partial charge in [-0.25, -0.2) is 9.07 Å². The van der Waals surface area contributed by atoms with Gasteiger partial charge < -0.3 is 5.11 Å². The van der Waals surface area contributed by atoms with Gasteiger partial charge in [0.15, 0.2) is 0 Å². The van der Waals surface area contributed by atoms with Crippen molar-refractivity contribution >= 4 is 17.6 Å². The van der Waals surface area contributed by atoms with E-state index in [4.69, 9.17) is 16.7 Å². The third kappa shape index (κ3) is 4.74. The van der Waals surface area contributed by atoms with Crippen LogP contribution in [-0.2, 0) is 11.3 Å². The number of aliphatic carboxylic acids is 1. The summed E-state index contributed by atoms with van der Waals surface area (Å²) in [6.07, 6.45) is 3.96. The highest BCUT2D eigenvalue weighted by Crippen LogP contribution is 2.20. The average molecular weight is 341 g/mol. The molecule has 0 saturated heterocycles. The lowest BCUT2D eigenvalue weighted by Gasteiger charge is -2.12. The molecule has 8 heteroatoms. The number of benzene rings is 1. The molecule has 1 heterocycles. The first kappa shape index (κ1) is 17.4. The summed E-state index contributed by atoms with van der Waals surface area (Å²) >= 11 is 5.98. The van der Waals surface area contributed by atoms with Crippen molar-refractivity contribution in [1.29, 1.82) is 0 Å². The SMILES string of the molecule is CCCC[C@H](NCc1cn(-c2ccc(F)cc2Cl)nn1)C(=O)O. The number of hydrogen-bond acceptors (Lipinski definition) is 4. The Morgan fingerprint density at radius 2 is 2.30 bits per heavy atom. The first-order valence-corrected chi connectivity index (χ1v) is 7.72. The molecule has 0 fully saturated rings. The van der Waals surface area contributed by atoms with Crippen LogP contribution < -0.4 is 5.32 Å². The van der Waals surface area contributed by atoms with Gasteiger partial charge in [-0.3, -0.25) is 10.1 Å². The zero-order chi connectivity index (χ0) is 16.8. The molecule has 0 saturated carbocycles. The average Bonchev–Trinajstić information content (AvgIpc) is 2.95. The Bertz CT molecular complexity index is 677. The van der Waals surface area contributed by atoms with Gasteiger partial charge in [0.1, 0.15) is 11.9 Å². The number of halogens is 2. The second-order valence-corrected chi connectivity index (χ2v) is 5.57. The van der Waals surface area contributed by atoms with Gasteiger partial charge in [-0.1, -0.05) is 36.6 Å². The van der Waals surface area contributed by atoms with Gasteiger partial charge in [-0.05, 0) is 24.6 Å². The van der Waals surface area contributed by atoms with E-state index in [1.165, 1.54) is 22.9 Å². The standard InChI is InChI=1S/C15H18ClFN4O2/c1-2-3-4-13(15(22)23)18-8-11-9-21(20-19-11)14-6-5-10(17)7-12(14)16/h5-7,9,13,18H,2-4,8H2,1H3,(H,22,23)/t13-/m0/s1. The van der Waals surface area contributed by atoms with Gasteiger partial charge in [-0.15, -0.1) is 5.10 Å². The van der Waals surface area contributed by atoms with Gasteiger partial charge >= 0.3 is 5.97 Å². The van der Waals surface area contributed by atoms with E-state index >= 15 is 0 Å². The Hall–Kier alpha value is -1.99. The molecule has 0 spiro atoms. The lowest BCUT2D eigenvalue weighted by atomic mass is 10.1. The van der Waals surface area contributed by atoms with Crippen molar-refractivity contribution in [2.45, 2.75) is 38.8 Å². The number of nitrogens with zero attached hydrogens (tertiary/aromatic N) is 3. The normalized spacial score (nSPS) is 12.3. The fourth-order valence-corrected chi connectivity index (χ4v) is 2.37. The molecule has 0 amide bonds. The molecular weight excluding hydrogens is 323 g/mol. The van der Waals surface area contributed by atoms with Crippen molar-refractivity contribution in [3.05, 3.63) is 40.9 Å². The molecule has 0 unspecified atom stereocenters. The van der Waals surface area contributed by atoms with E-state index in [1.54, 1.807) is 6.20 Å². The predicted octanol–water partition coefficient (Wildman–Crippen LogP) is 2.79. The molecule has 1 aromatic heterocycles. The molecule has 0 aliphatic heterocycles. The summed E-state index contributed by atoms with van der Waals surface area (Å²) < 4.78 is 14.5. The van der Waals surface area contributed by atoms with E-state index in [0.717, 1.165) is 12.8 Å². The van der Waals surface area contributed by atoms with Crippen LogP contribution in [0.2, 0.25) is 5.02 Å². The van der Waals surface area contributed by atoms with E-state index in [0.29, 0.717) is 17.8 Å². The summed E-state index contributed by atoms with van der Waals surface area (Å²) in [5.41, 5.74) is 1.08. The number of aromatic nitrogens is 3. The minimum Gasteiger partial charge on any atom is -0.480 e. The monoisotopic (exact) mass is 340 g/mol. The lowest BCUT2D eigenvalue weighted by molar-refractivity contribution is -0.139. The molecule has 1 aromatic carbocycles. The maximum Gasteiger partial charge on any atom is 0.320 e. The first-order chi connectivity index (χ1) is 11.0. The number of carboxylic acids is 1. The molecule has 2 aromatic rings. The van der Waals surface area contributed by atoms with Crippen molar-refractivity contribution in [3.63, 3.8) is 0 Å². The third-order valence-electron chi connectivity index (χ3n) is 3.37. The van der Waals surface area contributed by atoms with Crippen LogP contribution >= 0.6 is 11.6 Å². The lowest BCUT2D eigenvalue weighted by Crippen LogP contribution is -2.36. The van der Waals surface area contributed by atoms with E-state index in [-0.39, 0.29) is 11.6 Å². The van der Waals surface area contributed by atoms with Crippen LogP contribution in [0.4, 0.5) is 4.39 Å². The van der Waals surface area contributed by atoms with Crippen LogP contribution in [0.3, 0.4) is 0 Å². The molecule has 0 aliphatic carbocycles. The third-order valence-corrected chi connectivity index (χ3v) is 3.67. The van der Waals surface area contributed by atoms with Crippen LogP contribution in [0.5, 0.6) is 0 Å². The van der Waals surface area contributed by atoms with Gasteiger partial charge in [0.2, 0.25) is 0 Å². The molecule has 124 valence electrons. The summed E-state index contributed by atoms with van der Waals surface area (Å²) in [4.78, 5) is 11.2. The number of carboxylic acid groups (broad SMARTS) is 1. The minimum absolute atomic E-state index is 0.223. The highest BCUT2D eigenvalue weighted by Gasteiger charge is 2.16. The van der Waals surface area contributed by atoms with E-state index in [2.05, 4.69) is 15.6 Å². The summed E-state index contributed by atoms with van der Waals surface area (Å²) in [6.45, 7) is 2.29. The van der Waals surface area contributed by atoms with Crippen LogP contribution in [-0.4, -0.2) is 32.1 Å². The number of rotatable bonds is 8. The number of carbonyl (C=O) groups is 1. The fourth-order valence-electron chi connectivity index (χ4n) is 2.11. The predicted molar refractivity (Wildman–Crippen MR) is 84.1 cm³/mol. The van der Waals surface area contributed by atoms with E-state index < -0.39 is 17.8 Å². The highest BCUT2D eigenvalue weighted by molar-refractivity contribution is 6.32.